The van der Waals surface area contributed by atoms with Crippen LogP contribution in [0.25, 0.3) is 0 Å². The van der Waals surface area contributed by atoms with Gasteiger partial charge in [-0.15, -0.1) is 0 Å². The molecule has 2 rings (SSSR count). The van der Waals surface area contributed by atoms with Gasteiger partial charge in [0.1, 0.15) is 0 Å². The van der Waals surface area contributed by atoms with Crippen LogP contribution in [0, 0.1) is 17.2 Å². The molecule has 2 atom stereocenters. The van der Waals surface area contributed by atoms with Crippen molar-refractivity contribution >= 4 is 0 Å². The molecular weight excluding hydrogens is 208 g/mol. The third-order valence-electron chi connectivity index (χ3n) is 3.86. The summed E-state index contributed by atoms with van der Waals surface area (Å²) in [7, 11) is 0. The van der Waals surface area contributed by atoms with Crippen LogP contribution < -0.4 is 5.32 Å². The molecule has 17 heavy (non-hydrogen) atoms. The second kappa shape index (κ2) is 5.84. The first-order chi connectivity index (χ1) is 8.31. The minimum atomic E-state index is -0.0290. The van der Waals surface area contributed by atoms with Crippen molar-refractivity contribution in [3.8, 4) is 6.07 Å². The van der Waals surface area contributed by atoms with Gasteiger partial charge in [-0.05, 0) is 31.2 Å². The Morgan fingerprint density at radius 2 is 2.06 bits per heavy atom. The first-order valence-electron chi connectivity index (χ1n) is 6.49. The van der Waals surface area contributed by atoms with Crippen molar-refractivity contribution in [3.05, 3.63) is 35.9 Å². The molecule has 0 amide bonds. The Labute approximate surface area is 104 Å². The lowest BCUT2D eigenvalue weighted by molar-refractivity contribution is 0.241. The van der Waals surface area contributed by atoms with E-state index in [4.69, 9.17) is 0 Å². The van der Waals surface area contributed by atoms with Crippen LogP contribution in [0.15, 0.2) is 30.3 Å². The van der Waals surface area contributed by atoms with Crippen molar-refractivity contribution in [3.63, 3.8) is 0 Å². The number of nitriles is 1. The molecule has 0 radical (unpaired) electrons. The Kier molecular flexibility index (Phi) is 4.17. The van der Waals surface area contributed by atoms with Crippen molar-refractivity contribution in [2.24, 2.45) is 5.92 Å². The lowest BCUT2D eigenvalue weighted by atomic mass is 9.80. The summed E-state index contributed by atoms with van der Waals surface area (Å²) in [6, 6.07) is 13.0. The lowest BCUT2D eigenvalue weighted by Crippen LogP contribution is -2.38. The highest BCUT2D eigenvalue weighted by Gasteiger charge is 2.24. The summed E-state index contributed by atoms with van der Waals surface area (Å²) in [4.78, 5) is 0. The van der Waals surface area contributed by atoms with Crippen LogP contribution in [0.2, 0.25) is 0 Å². The minimum Gasteiger partial charge on any atom is -0.312 e. The Balaban J connectivity index is 1.86. The van der Waals surface area contributed by atoms with Crippen LogP contribution in [0.5, 0.6) is 0 Å². The summed E-state index contributed by atoms with van der Waals surface area (Å²) in [5.41, 5.74) is 1.11. The Morgan fingerprint density at radius 3 is 2.59 bits per heavy atom. The first-order valence-corrected chi connectivity index (χ1v) is 6.49. The lowest BCUT2D eigenvalue weighted by Gasteiger charge is -2.32. The van der Waals surface area contributed by atoms with E-state index in [-0.39, 0.29) is 5.92 Å². The van der Waals surface area contributed by atoms with Crippen molar-refractivity contribution in [2.45, 2.75) is 38.1 Å². The number of hydrogen-bond donors (Lipinski definition) is 1. The van der Waals surface area contributed by atoms with Gasteiger partial charge in [-0.3, -0.25) is 0 Å². The molecule has 2 nitrogen and oxygen atoms in total. The standard InChI is InChI=1S/C15H20N2/c1-12(13-8-5-9-13)17-11-15(10-16)14-6-3-2-4-7-14/h2-4,6-7,12-13,15,17H,5,8-9,11H2,1H3. The molecule has 90 valence electrons. The number of hydrogen-bond acceptors (Lipinski definition) is 2. The van der Waals surface area contributed by atoms with E-state index < -0.39 is 0 Å². The number of benzene rings is 1. The molecule has 0 aromatic heterocycles. The molecule has 0 spiro atoms. The summed E-state index contributed by atoms with van der Waals surface area (Å²) in [6.45, 7) is 3.00. The predicted octanol–water partition coefficient (Wildman–Crippen LogP) is 3.07. The molecule has 0 saturated heterocycles. The molecule has 1 saturated carbocycles. The van der Waals surface area contributed by atoms with Crippen molar-refractivity contribution in [1.29, 1.82) is 5.26 Å². The fourth-order valence-electron chi connectivity index (χ4n) is 2.33. The van der Waals surface area contributed by atoms with Crippen LogP contribution >= 0.6 is 0 Å². The molecule has 0 heterocycles. The Morgan fingerprint density at radius 1 is 1.35 bits per heavy atom. The van der Waals surface area contributed by atoms with E-state index >= 15 is 0 Å². The van der Waals surface area contributed by atoms with Gasteiger partial charge in [-0.1, -0.05) is 36.8 Å². The first kappa shape index (κ1) is 12.1. The van der Waals surface area contributed by atoms with Crippen LogP contribution in [0.3, 0.4) is 0 Å². The zero-order chi connectivity index (χ0) is 12.1. The van der Waals surface area contributed by atoms with Gasteiger partial charge in [0, 0.05) is 12.6 Å². The van der Waals surface area contributed by atoms with E-state index in [0.717, 1.165) is 18.0 Å². The maximum atomic E-state index is 9.21. The van der Waals surface area contributed by atoms with E-state index in [2.05, 4.69) is 18.3 Å². The molecule has 2 unspecified atom stereocenters. The summed E-state index contributed by atoms with van der Waals surface area (Å²) < 4.78 is 0. The molecule has 0 aliphatic heterocycles. The van der Waals surface area contributed by atoms with Crippen molar-refractivity contribution in [2.75, 3.05) is 6.54 Å². The van der Waals surface area contributed by atoms with Crippen LogP contribution in [-0.2, 0) is 0 Å². The average Bonchev–Trinajstić information content (AvgIpc) is 2.29. The van der Waals surface area contributed by atoms with Gasteiger partial charge in [-0.25, -0.2) is 0 Å². The molecule has 2 heteroatoms. The van der Waals surface area contributed by atoms with E-state index in [1.165, 1.54) is 19.3 Å². The zero-order valence-corrected chi connectivity index (χ0v) is 10.4. The minimum absolute atomic E-state index is 0.0290. The molecule has 1 aliphatic carbocycles. The fraction of sp³-hybridized carbons (Fsp3) is 0.533. The van der Waals surface area contributed by atoms with E-state index in [9.17, 15) is 5.26 Å². The van der Waals surface area contributed by atoms with Gasteiger partial charge >= 0.3 is 0 Å². The fourth-order valence-corrected chi connectivity index (χ4v) is 2.33. The largest absolute Gasteiger partial charge is 0.312 e. The molecule has 1 aliphatic rings. The Hall–Kier alpha value is -1.33. The SMILES string of the molecule is CC(NCC(C#N)c1ccccc1)C1CCC1. The second-order valence-corrected chi connectivity index (χ2v) is 4.98. The average molecular weight is 228 g/mol. The topological polar surface area (TPSA) is 35.8 Å². The number of nitrogens with one attached hydrogen (secondary N) is 1. The maximum Gasteiger partial charge on any atom is 0.0837 e. The molecular formula is C15H20N2. The molecule has 1 aromatic rings. The zero-order valence-electron chi connectivity index (χ0n) is 10.4. The van der Waals surface area contributed by atoms with E-state index in [0.29, 0.717) is 6.04 Å². The molecule has 1 N–H and O–H groups in total. The number of rotatable bonds is 5. The van der Waals surface area contributed by atoms with Gasteiger partial charge in [0.25, 0.3) is 0 Å². The quantitative estimate of drug-likeness (QED) is 0.840. The van der Waals surface area contributed by atoms with Crippen LogP contribution in [0.4, 0.5) is 0 Å². The number of nitrogens with zero attached hydrogens (tertiary/aromatic N) is 1. The van der Waals surface area contributed by atoms with E-state index in [1.807, 2.05) is 30.3 Å². The predicted molar refractivity (Wildman–Crippen MR) is 69.6 cm³/mol. The second-order valence-electron chi connectivity index (χ2n) is 4.98. The van der Waals surface area contributed by atoms with Gasteiger partial charge in [0.15, 0.2) is 0 Å². The summed E-state index contributed by atoms with van der Waals surface area (Å²) in [5.74, 6) is 0.795. The van der Waals surface area contributed by atoms with Crippen LogP contribution in [0.1, 0.15) is 37.7 Å². The normalized spacial score (nSPS) is 19.1. The third kappa shape index (κ3) is 3.08. The molecule has 0 bridgehead atoms. The molecule has 1 aromatic carbocycles. The van der Waals surface area contributed by atoms with Gasteiger partial charge in [-0.2, -0.15) is 5.26 Å². The highest BCUT2D eigenvalue weighted by Crippen LogP contribution is 2.29. The van der Waals surface area contributed by atoms with Crippen molar-refractivity contribution in [1.82, 2.24) is 5.32 Å². The summed E-state index contributed by atoms with van der Waals surface area (Å²) in [6.07, 6.45) is 4.06. The van der Waals surface area contributed by atoms with Gasteiger partial charge in [0.05, 0.1) is 12.0 Å². The summed E-state index contributed by atoms with van der Waals surface area (Å²) in [5, 5.41) is 12.7. The monoisotopic (exact) mass is 228 g/mol. The molecule has 1 fully saturated rings. The maximum absolute atomic E-state index is 9.21. The van der Waals surface area contributed by atoms with E-state index in [1.54, 1.807) is 0 Å². The highest BCUT2D eigenvalue weighted by atomic mass is 14.9. The van der Waals surface area contributed by atoms with Gasteiger partial charge in [0.2, 0.25) is 0 Å². The highest BCUT2D eigenvalue weighted by molar-refractivity contribution is 5.25. The summed E-state index contributed by atoms with van der Waals surface area (Å²) >= 11 is 0. The third-order valence-corrected chi connectivity index (χ3v) is 3.86. The van der Waals surface area contributed by atoms with Crippen LogP contribution in [-0.4, -0.2) is 12.6 Å². The van der Waals surface area contributed by atoms with Crippen molar-refractivity contribution < 1.29 is 0 Å². The smallest absolute Gasteiger partial charge is 0.0837 e. The van der Waals surface area contributed by atoms with Gasteiger partial charge < -0.3 is 5.32 Å². The Bertz CT molecular complexity index is 376.